The van der Waals surface area contributed by atoms with Crippen molar-refractivity contribution < 1.29 is 139 Å². The van der Waals surface area contributed by atoms with Gasteiger partial charge < -0.3 is 171 Å². The van der Waals surface area contributed by atoms with Gasteiger partial charge in [0.05, 0.1) is 175 Å². The van der Waals surface area contributed by atoms with E-state index >= 15 is 0 Å². The van der Waals surface area contributed by atoms with Crippen molar-refractivity contribution in [3.63, 3.8) is 0 Å². The van der Waals surface area contributed by atoms with Gasteiger partial charge in [-0.05, 0) is 44.3 Å². The van der Waals surface area contributed by atoms with E-state index in [0.717, 1.165) is 0 Å². The first-order chi connectivity index (χ1) is 46.7. The van der Waals surface area contributed by atoms with E-state index in [1.165, 1.54) is 28.5 Å². The summed E-state index contributed by atoms with van der Waals surface area (Å²) in [5.74, 6) is 11.1. The Hall–Kier alpha value is -3.12. The zero-order chi connectivity index (χ0) is 71.2. The van der Waals surface area contributed by atoms with Gasteiger partial charge in [-0.2, -0.15) is 0 Å². The zero-order valence-corrected chi connectivity index (χ0v) is 55.4. The van der Waals surface area contributed by atoms with E-state index in [4.69, 9.17) is 75.3 Å². The molecule has 0 aromatic rings. The Labute approximate surface area is 568 Å². The molecule has 0 aromatic heterocycles. The first kappa shape index (κ1) is 80.6. The molecular weight excluding hydrogens is 1300 g/mol. The third kappa shape index (κ3) is 21.5. The molecule has 6 fully saturated rings. The Bertz CT molecular complexity index is 2500. The summed E-state index contributed by atoms with van der Waals surface area (Å²) in [4.78, 5) is 0. The predicted octanol–water partition coefficient (Wildman–Crippen LogP) is -9.57. The summed E-state index contributed by atoms with van der Waals surface area (Å²) >= 11 is 0. The lowest BCUT2D eigenvalue weighted by Gasteiger charge is -2.46. The number of hydrogen-bond donors (Lipinski definition) is 23. The Morgan fingerprint density at radius 2 is 0.929 bits per heavy atom. The molecule has 0 amide bonds. The molecule has 8 aliphatic rings. The molecule has 0 aromatic carbocycles. The number of hydrogen-bond acceptors (Lipinski definition) is 36. The van der Waals surface area contributed by atoms with E-state index in [1.54, 1.807) is 19.9 Å². The van der Waals surface area contributed by atoms with Crippen LogP contribution in [-0.2, 0) is 52.1 Å². The van der Waals surface area contributed by atoms with Gasteiger partial charge in [0, 0.05) is 82.0 Å². The van der Waals surface area contributed by atoms with E-state index in [-0.39, 0.29) is 120 Å². The van der Waals surface area contributed by atoms with Gasteiger partial charge in [-0.25, -0.2) is 11.7 Å². The molecular formula is C62H110N8O28. The quantitative estimate of drug-likeness (QED) is 0.0129. The number of aliphatic hydroxyl groups is 17. The smallest absolute Gasteiger partial charge is 0.161 e. The second-order valence-electron chi connectivity index (χ2n) is 27.0. The second kappa shape index (κ2) is 38.1. The van der Waals surface area contributed by atoms with Crippen molar-refractivity contribution in [3.05, 3.63) is 47.1 Å². The lowest BCUT2D eigenvalue weighted by Crippen LogP contribution is -2.63. The standard InChI is InChI=1S/C62H110N8O28/c1-28-53(67-36-7-30(20-71)55(84)42(79)11-36)40(77)14-51(91-28)97-62-46(83)17-52(95-48(62)25-76)98-61-45(82)16-49(94-47(61)24-75)90-27-35(64)19-70(66)4-6-88-5-3-69(65)18-34(63)26-89-37-8-32(22-73)59(43(80)12-37)93-38-9-33(23-74)60(44(81)13-38)96-50-15-41(78)54(29(2)92-50)68-39-10-31(21-72)56(85)58(87)57(39)86/h7,10,18-19,28-29,32-33,36-62,67-68,71-87H,3-6,8-9,11-17,20-27,63-66H2,1-2H3/b34-18-,35-19-/t28-,29-,32-,33-,36+,37-,38+,39+,40-,41-,42-,43?,44-,45-,46-,47-,48-,49-,50-,51-,52-,53-,54-,55-,56-,57?,58+,59-,60-,61?,62+/m1/s1. The fourth-order valence-electron chi connectivity index (χ4n) is 14.3. The number of nitrogens with one attached hydrogen (secondary N) is 2. The van der Waals surface area contributed by atoms with Crippen molar-refractivity contribution in [2.45, 2.75) is 249 Å². The highest BCUT2D eigenvalue weighted by Gasteiger charge is 2.50. The molecule has 31 atom stereocenters. The molecule has 0 radical (unpaired) electrons. The van der Waals surface area contributed by atoms with Gasteiger partial charge in [-0.3, -0.25) is 0 Å². The number of aliphatic hydroxyl groups excluding tert-OH is 17. The van der Waals surface area contributed by atoms with Crippen molar-refractivity contribution in [1.29, 1.82) is 0 Å². The van der Waals surface area contributed by atoms with Crippen molar-refractivity contribution in [2.24, 2.45) is 35.0 Å². The van der Waals surface area contributed by atoms with Crippen molar-refractivity contribution in [3.8, 4) is 0 Å². The average Bonchev–Trinajstić information content (AvgIpc) is 0.814. The van der Waals surface area contributed by atoms with Gasteiger partial charge in [0.25, 0.3) is 0 Å². The maximum atomic E-state index is 11.4. The molecule has 36 heteroatoms. The van der Waals surface area contributed by atoms with Gasteiger partial charge in [0.2, 0.25) is 0 Å². The Kier molecular flexibility index (Phi) is 31.3. The molecule has 566 valence electrons. The average molecular weight is 1420 g/mol. The van der Waals surface area contributed by atoms with Crippen LogP contribution in [0.3, 0.4) is 0 Å². The van der Waals surface area contributed by atoms with Crippen LogP contribution in [0.15, 0.2) is 47.1 Å². The summed E-state index contributed by atoms with van der Waals surface area (Å²) in [5.41, 5.74) is 13.3. The van der Waals surface area contributed by atoms with Crippen LogP contribution in [0.1, 0.15) is 71.6 Å². The molecule has 27 N–H and O–H groups in total. The number of rotatable bonds is 32. The normalized spacial score (nSPS) is 43.1. The molecule has 4 aliphatic heterocycles. The number of nitrogens with two attached hydrogens (primary N) is 4. The molecule has 36 nitrogen and oxygen atoms in total. The van der Waals surface area contributed by atoms with E-state index in [1.807, 2.05) is 0 Å². The second-order valence-corrected chi connectivity index (χ2v) is 27.0. The first-order valence-electron chi connectivity index (χ1n) is 33.8. The summed E-state index contributed by atoms with van der Waals surface area (Å²) in [6.45, 7) is 0.962. The summed E-state index contributed by atoms with van der Waals surface area (Å²) in [5, 5.41) is 188. The van der Waals surface area contributed by atoms with Gasteiger partial charge in [0.1, 0.15) is 48.8 Å². The minimum atomic E-state index is -1.57. The topological polar surface area (TPSA) is 580 Å². The zero-order valence-electron chi connectivity index (χ0n) is 55.4. The summed E-state index contributed by atoms with van der Waals surface area (Å²) in [7, 11) is 0. The Morgan fingerprint density at radius 3 is 1.46 bits per heavy atom. The predicted molar refractivity (Wildman–Crippen MR) is 337 cm³/mol. The van der Waals surface area contributed by atoms with Gasteiger partial charge in [-0.1, -0.05) is 12.2 Å². The largest absolute Gasteiger partial charge is 0.399 e. The maximum Gasteiger partial charge on any atom is 0.161 e. The van der Waals surface area contributed by atoms with Crippen LogP contribution in [0.4, 0.5) is 0 Å². The number of nitrogens with zero attached hydrogens (tertiary/aromatic N) is 2. The van der Waals surface area contributed by atoms with Gasteiger partial charge in [-0.15, -0.1) is 0 Å². The SMILES string of the molecule is C[C@H]1O[C@H](O[C@@H]2[C@@H](CO)C[C@H](O[C@H]3C(O)C[C@H](OC/C(N)=C/N(N)CCOCCN(N)/C=C(\N)CO[C@H]4C[C@@H](O)C(O[C@@H]5C[C@@H](O)[C@H](O[C@@H]6C[C@@H](O)[C@H](N[C@H]7C=C(CO)[C@@H](O)[C@H](O)C7)[C@@H](C)O6)[C@@H](CO)O5)[C@@H](CO)O4)C[C@@H]3CO)C[C@H]2O)C[C@@H](O)[C@@H]1N[C@H]1C=C(CO)[C@@H](O)[C@H](O)C1O. The van der Waals surface area contributed by atoms with Crippen LogP contribution in [0.2, 0.25) is 0 Å². The molecule has 3 unspecified atom stereocenters. The Balaban J connectivity index is 0.679. The highest BCUT2D eigenvalue weighted by atomic mass is 16.7. The van der Waals surface area contributed by atoms with E-state index in [9.17, 15) is 86.8 Å². The van der Waals surface area contributed by atoms with Crippen molar-refractivity contribution >= 4 is 0 Å². The molecule has 98 heavy (non-hydrogen) atoms. The van der Waals surface area contributed by atoms with Gasteiger partial charge >= 0.3 is 0 Å². The van der Waals surface area contributed by atoms with Crippen LogP contribution < -0.4 is 33.8 Å². The third-order valence-electron chi connectivity index (χ3n) is 19.6. The van der Waals surface area contributed by atoms with Crippen LogP contribution >= 0.6 is 0 Å². The van der Waals surface area contributed by atoms with Crippen LogP contribution in [-0.4, -0.2) is 353 Å². The number of ether oxygens (including phenoxy) is 11. The molecule has 4 aliphatic carbocycles. The van der Waals surface area contributed by atoms with E-state index < -0.39 is 222 Å². The minimum Gasteiger partial charge on any atom is -0.399 e. The first-order valence-corrected chi connectivity index (χ1v) is 33.8. The summed E-state index contributed by atoms with van der Waals surface area (Å²) in [6, 6.07) is -2.78. The fourth-order valence-corrected chi connectivity index (χ4v) is 14.3. The lowest BCUT2D eigenvalue weighted by molar-refractivity contribution is -0.337. The van der Waals surface area contributed by atoms with Crippen LogP contribution in [0.5, 0.6) is 0 Å². The van der Waals surface area contributed by atoms with E-state index in [0.29, 0.717) is 6.42 Å². The third-order valence-corrected chi connectivity index (χ3v) is 19.6. The lowest BCUT2D eigenvalue weighted by atomic mass is 9.80. The highest BCUT2D eigenvalue weighted by Crippen LogP contribution is 2.38. The fraction of sp³-hybridized carbons (Fsp3) is 0.871. The van der Waals surface area contributed by atoms with Crippen molar-refractivity contribution in [1.82, 2.24) is 20.7 Å². The van der Waals surface area contributed by atoms with Crippen molar-refractivity contribution in [2.75, 3.05) is 79.2 Å². The van der Waals surface area contributed by atoms with Crippen LogP contribution in [0.25, 0.3) is 0 Å². The summed E-state index contributed by atoms with van der Waals surface area (Å²) < 4.78 is 66.2. The molecule has 8 rings (SSSR count). The van der Waals surface area contributed by atoms with E-state index in [2.05, 4.69) is 10.6 Å². The summed E-state index contributed by atoms with van der Waals surface area (Å²) in [6.07, 6.45) is -20.2. The minimum absolute atomic E-state index is 0.0380. The van der Waals surface area contributed by atoms with Crippen LogP contribution in [0, 0.1) is 11.8 Å². The monoisotopic (exact) mass is 1410 g/mol. The Morgan fingerprint density at radius 1 is 0.480 bits per heavy atom. The van der Waals surface area contributed by atoms with Gasteiger partial charge in [0.15, 0.2) is 25.2 Å². The molecule has 0 spiro atoms. The maximum absolute atomic E-state index is 11.4. The number of hydrazine groups is 2. The molecule has 0 bridgehead atoms. The highest BCUT2D eigenvalue weighted by molar-refractivity contribution is 5.22. The molecule has 4 saturated heterocycles. The molecule has 2 saturated carbocycles. The molecule has 4 heterocycles.